The fourth-order valence-corrected chi connectivity index (χ4v) is 2.71. The van der Waals surface area contributed by atoms with Crippen LogP contribution in [0.25, 0.3) is 0 Å². The normalized spacial score (nSPS) is 10.2. The highest BCUT2D eigenvalue weighted by atomic mass is 16.5. The molecule has 3 rings (SSSR count). The van der Waals surface area contributed by atoms with Crippen LogP contribution < -0.4 is 14.8 Å². The summed E-state index contributed by atoms with van der Waals surface area (Å²) in [6, 6.07) is 18.3. The van der Waals surface area contributed by atoms with Crippen molar-refractivity contribution >= 4 is 17.6 Å². The van der Waals surface area contributed by atoms with Gasteiger partial charge in [-0.15, -0.1) is 0 Å². The molecule has 0 bridgehead atoms. The Morgan fingerprint density at radius 3 is 2.23 bits per heavy atom. The molecule has 0 aliphatic rings. The van der Waals surface area contributed by atoms with Crippen molar-refractivity contribution in [2.75, 3.05) is 19.5 Å². The summed E-state index contributed by atoms with van der Waals surface area (Å²) >= 11 is 0. The number of para-hydroxylation sites is 1. The van der Waals surface area contributed by atoms with Crippen molar-refractivity contribution in [3.8, 4) is 17.2 Å². The van der Waals surface area contributed by atoms with Gasteiger partial charge in [0.15, 0.2) is 11.5 Å². The maximum Gasteiger partial charge on any atom is 0.342 e. The van der Waals surface area contributed by atoms with Gasteiger partial charge in [0, 0.05) is 11.3 Å². The molecule has 0 unspecified atom stereocenters. The predicted molar refractivity (Wildman–Crippen MR) is 111 cm³/mol. The number of phenolic OH excluding ortho intramolecular Hbond substituents is 1. The molecular formula is C23H21NO6. The van der Waals surface area contributed by atoms with Crippen LogP contribution >= 0.6 is 0 Å². The summed E-state index contributed by atoms with van der Waals surface area (Å²) in [5.41, 5.74) is 1.83. The average molecular weight is 407 g/mol. The van der Waals surface area contributed by atoms with E-state index in [1.54, 1.807) is 67.8 Å². The number of ether oxygens (including phenoxy) is 3. The molecule has 7 heteroatoms. The van der Waals surface area contributed by atoms with E-state index in [4.69, 9.17) is 14.2 Å². The van der Waals surface area contributed by atoms with Gasteiger partial charge in [-0.05, 0) is 54.1 Å². The summed E-state index contributed by atoms with van der Waals surface area (Å²) < 4.78 is 15.3. The first-order chi connectivity index (χ1) is 14.5. The highest BCUT2D eigenvalue weighted by molar-refractivity contribution is 6.04. The van der Waals surface area contributed by atoms with Crippen LogP contribution in [-0.2, 0) is 11.3 Å². The summed E-state index contributed by atoms with van der Waals surface area (Å²) in [4.78, 5) is 24.6. The van der Waals surface area contributed by atoms with Gasteiger partial charge >= 0.3 is 5.97 Å². The van der Waals surface area contributed by atoms with Gasteiger partial charge in [0.05, 0.1) is 14.2 Å². The van der Waals surface area contributed by atoms with E-state index in [1.807, 2.05) is 0 Å². The second kappa shape index (κ2) is 9.47. The third kappa shape index (κ3) is 4.88. The van der Waals surface area contributed by atoms with E-state index in [0.717, 1.165) is 0 Å². The first-order valence-electron chi connectivity index (χ1n) is 9.09. The summed E-state index contributed by atoms with van der Waals surface area (Å²) in [5, 5.41) is 12.8. The summed E-state index contributed by atoms with van der Waals surface area (Å²) in [7, 11) is 2.97. The van der Waals surface area contributed by atoms with E-state index in [-0.39, 0.29) is 29.6 Å². The van der Waals surface area contributed by atoms with Crippen molar-refractivity contribution in [1.82, 2.24) is 0 Å². The monoisotopic (exact) mass is 407 g/mol. The third-order valence-electron chi connectivity index (χ3n) is 4.37. The van der Waals surface area contributed by atoms with Gasteiger partial charge in [-0.1, -0.05) is 18.2 Å². The molecule has 1 amide bonds. The second-order valence-electron chi connectivity index (χ2n) is 6.31. The van der Waals surface area contributed by atoms with Gasteiger partial charge in [-0.3, -0.25) is 4.79 Å². The molecule has 3 aromatic rings. The smallest absolute Gasteiger partial charge is 0.342 e. The Bertz CT molecular complexity index is 1030. The average Bonchev–Trinajstić information content (AvgIpc) is 2.78. The lowest BCUT2D eigenvalue weighted by Gasteiger charge is -2.10. The molecular weight excluding hydrogens is 386 g/mol. The van der Waals surface area contributed by atoms with E-state index in [1.165, 1.54) is 13.2 Å². The van der Waals surface area contributed by atoms with Gasteiger partial charge in [-0.2, -0.15) is 0 Å². The Balaban J connectivity index is 1.59. The number of phenols is 1. The molecule has 0 saturated heterocycles. The molecule has 0 aromatic heterocycles. The highest BCUT2D eigenvalue weighted by Gasteiger charge is 2.16. The van der Waals surface area contributed by atoms with Crippen LogP contribution in [0.2, 0.25) is 0 Å². The van der Waals surface area contributed by atoms with Crippen molar-refractivity contribution in [1.29, 1.82) is 0 Å². The fourth-order valence-electron chi connectivity index (χ4n) is 2.71. The number of carbonyl (C=O) groups excluding carboxylic acids is 2. The van der Waals surface area contributed by atoms with Gasteiger partial charge in [0.1, 0.15) is 17.9 Å². The maximum atomic E-state index is 12.4. The summed E-state index contributed by atoms with van der Waals surface area (Å²) in [5.74, 6) is -0.306. The number of benzene rings is 3. The third-order valence-corrected chi connectivity index (χ3v) is 4.37. The summed E-state index contributed by atoms with van der Waals surface area (Å²) in [6.45, 7) is -0.00411. The highest BCUT2D eigenvalue weighted by Crippen LogP contribution is 2.30. The number of hydrogen-bond acceptors (Lipinski definition) is 6. The molecule has 7 nitrogen and oxygen atoms in total. The summed E-state index contributed by atoms with van der Waals surface area (Å²) in [6.07, 6.45) is 0. The largest absolute Gasteiger partial charge is 0.504 e. The van der Waals surface area contributed by atoms with E-state index in [2.05, 4.69) is 5.32 Å². The number of carbonyl (C=O) groups is 2. The second-order valence-corrected chi connectivity index (χ2v) is 6.31. The number of nitrogens with one attached hydrogen (secondary N) is 1. The zero-order valence-corrected chi connectivity index (χ0v) is 16.5. The van der Waals surface area contributed by atoms with Crippen LogP contribution in [0.1, 0.15) is 26.3 Å². The minimum Gasteiger partial charge on any atom is -0.504 e. The van der Waals surface area contributed by atoms with Crippen molar-refractivity contribution in [2.24, 2.45) is 0 Å². The van der Waals surface area contributed by atoms with E-state index in [9.17, 15) is 14.7 Å². The van der Waals surface area contributed by atoms with Crippen molar-refractivity contribution in [3.05, 3.63) is 83.4 Å². The standard InChI is InChI=1S/C23H21NO6/c1-28-18-12-10-17(11-13-18)24-22(26)16-8-6-15(7-9-16)14-30-23(27)19-4-3-5-20(29-2)21(19)25/h3-13,25H,14H2,1-2H3,(H,24,26). The lowest BCUT2D eigenvalue weighted by atomic mass is 10.1. The molecule has 2 N–H and O–H groups in total. The lowest BCUT2D eigenvalue weighted by Crippen LogP contribution is -2.12. The number of methoxy groups -OCH3 is 2. The number of rotatable bonds is 7. The Labute approximate surface area is 173 Å². The SMILES string of the molecule is COc1ccc(NC(=O)c2ccc(COC(=O)c3cccc(OC)c3O)cc2)cc1. The van der Waals surface area contributed by atoms with Crippen LogP contribution in [0, 0.1) is 0 Å². The molecule has 154 valence electrons. The van der Waals surface area contributed by atoms with Crippen molar-refractivity contribution < 1.29 is 28.9 Å². The predicted octanol–water partition coefficient (Wildman–Crippen LogP) is 4.02. The first kappa shape index (κ1) is 20.7. The fraction of sp³-hybridized carbons (Fsp3) is 0.130. The molecule has 0 atom stereocenters. The number of esters is 1. The van der Waals surface area contributed by atoms with E-state index < -0.39 is 5.97 Å². The molecule has 0 saturated carbocycles. The molecule has 3 aromatic carbocycles. The first-order valence-corrected chi connectivity index (χ1v) is 9.09. The van der Waals surface area contributed by atoms with Crippen LogP contribution in [-0.4, -0.2) is 31.2 Å². The molecule has 0 heterocycles. The van der Waals surface area contributed by atoms with Crippen molar-refractivity contribution in [2.45, 2.75) is 6.61 Å². The van der Waals surface area contributed by atoms with E-state index >= 15 is 0 Å². The van der Waals surface area contributed by atoms with Crippen LogP contribution in [0.5, 0.6) is 17.2 Å². The number of anilines is 1. The zero-order valence-electron chi connectivity index (χ0n) is 16.5. The number of hydrogen-bond donors (Lipinski definition) is 2. The minimum atomic E-state index is -0.673. The molecule has 0 fully saturated rings. The van der Waals surface area contributed by atoms with Crippen LogP contribution in [0.4, 0.5) is 5.69 Å². The number of amides is 1. The Morgan fingerprint density at radius 1 is 0.900 bits per heavy atom. The van der Waals surface area contributed by atoms with Gasteiger partial charge in [-0.25, -0.2) is 4.79 Å². The van der Waals surface area contributed by atoms with E-state index in [0.29, 0.717) is 22.6 Å². The molecule has 0 aliphatic heterocycles. The van der Waals surface area contributed by atoms with Crippen LogP contribution in [0.3, 0.4) is 0 Å². The van der Waals surface area contributed by atoms with Crippen LogP contribution in [0.15, 0.2) is 66.7 Å². The Hall–Kier alpha value is -4.00. The zero-order chi connectivity index (χ0) is 21.5. The lowest BCUT2D eigenvalue weighted by molar-refractivity contribution is 0.0468. The van der Waals surface area contributed by atoms with Gasteiger partial charge in [0.25, 0.3) is 5.91 Å². The Kier molecular flexibility index (Phi) is 6.54. The topological polar surface area (TPSA) is 94.1 Å². The quantitative estimate of drug-likeness (QED) is 0.575. The van der Waals surface area contributed by atoms with Gasteiger partial charge < -0.3 is 24.6 Å². The minimum absolute atomic E-state index is 0.00411. The molecule has 0 spiro atoms. The van der Waals surface area contributed by atoms with Crippen molar-refractivity contribution in [3.63, 3.8) is 0 Å². The molecule has 30 heavy (non-hydrogen) atoms. The maximum absolute atomic E-state index is 12.4. The Morgan fingerprint density at radius 2 is 1.60 bits per heavy atom. The molecule has 0 aliphatic carbocycles. The molecule has 0 radical (unpaired) electrons. The van der Waals surface area contributed by atoms with Gasteiger partial charge in [0.2, 0.25) is 0 Å². The number of aromatic hydroxyl groups is 1.